The second kappa shape index (κ2) is 4.33. The summed E-state index contributed by atoms with van der Waals surface area (Å²) in [5.74, 6) is 0.492. The Morgan fingerprint density at radius 3 is 2.65 bits per heavy atom. The molecule has 0 N–H and O–H groups in total. The molecule has 4 nitrogen and oxygen atoms in total. The van der Waals surface area contributed by atoms with Crippen LogP contribution in [0.5, 0.6) is 0 Å². The van der Waals surface area contributed by atoms with E-state index in [1.807, 2.05) is 13.8 Å². The standard InChI is InChI=1S/C12H10BrNO3/c1-7-6-9(14(15)16)11(12(13)8(7)2)10-4-3-5-17-10/h3-6H,1-2H3. The lowest BCUT2D eigenvalue weighted by molar-refractivity contribution is -0.384. The van der Waals surface area contributed by atoms with Crippen molar-refractivity contribution in [3.05, 3.63) is 50.2 Å². The average molecular weight is 296 g/mol. The predicted octanol–water partition coefficient (Wildman–Crippen LogP) is 4.23. The fourth-order valence-electron chi connectivity index (χ4n) is 1.66. The maximum Gasteiger partial charge on any atom is 0.281 e. The van der Waals surface area contributed by atoms with Crippen molar-refractivity contribution < 1.29 is 9.34 Å². The second-order valence-electron chi connectivity index (χ2n) is 3.76. The van der Waals surface area contributed by atoms with Crippen LogP contribution in [0, 0.1) is 24.0 Å². The molecule has 5 heteroatoms. The number of furan rings is 1. The molecule has 0 spiro atoms. The molecule has 1 aromatic heterocycles. The molecule has 17 heavy (non-hydrogen) atoms. The van der Waals surface area contributed by atoms with Gasteiger partial charge in [-0.3, -0.25) is 10.1 Å². The first kappa shape index (κ1) is 11.9. The van der Waals surface area contributed by atoms with Crippen molar-refractivity contribution >= 4 is 21.6 Å². The maximum atomic E-state index is 11.1. The van der Waals surface area contributed by atoms with Crippen LogP contribution in [0.3, 0.4) is 0 Å². The molecule has 0 radical (unpaired) electrons. The molecule has 88 valence electrons. The summed E-state index contributed by atoms with van der Waals surface area (Å²) in [6.45, 7) is 3.76. The van der Waals surface area contributed by atoms with Crippen LogP contribution in [-0.4, -0.2) is 4.92 Å². The van der Waals surface area contributed by atoms with Gasteiger partial charge in [0.15, 0.2) is 0 Å². The Kier molecular flexibility index (Phi) is 3.02. The highest BCUT2D eigenvalue weighted by Gasteiger charge is 2.23. The zero-order valence-corrected chi connectivity index (χ0v) is 10.9. The lowest BCUT2D eigenvalue weighted by atomic mass is 10.0. The van der Waals surface area contributed by atoms with Gasteiger partial charge in [-0.1, -0.05) is 0 Å². The molecule has 0 aliphatic rings. The lowest BCUT2D eigenvalue weighted by Gasteiger charge is -2.08. The molecule has 0 saturated carbocycles. The Labute approximate surface area is 107 Å². The number of hydrogen-bond donors (Lipinski definition) is 0. The van der Waals surface area contributed by atoms with E-state index in [0.717, 1.165) is 11.1 Å². The molecule has 1 aromatic carbocycles. The Morgan fingerprint density at radius 1 is 1.41 bits per heavy atom. The van der Waals surface area contributed by atoms with E-state index < -0.39 is 4.92 Å². The molecule has 0 amide bonds. The van der Waals surface area contributed by atoms with Crippen LogP contribution in [0.2, 0.25) is 0 Å². The minimum atomic E-state index is -0.394. The van der Waals surface area contributed by atoms with Gasteiger partial charge < -0.3 is 4.42 Å². The quantitative estimate of drug-likeness (QED) is 0.615. The zero-order chi connectivity index (χ0) is 12.6. The summed E-state index contributed by atoms with van der Waals surface area (Å²) in [4.78, 5) is 10.7. The first-order valence-corrected chi connectivity index (χ1v) is 5.79. The van der Waals surface area contributed by atoms with Crippen LogP contribution in [-0.2, 0) is 0 Å². The number of aryl methyl sites for hydroxylation is 1. The van der Waals surface area contributed by atoms with Crippen LogP contribution >= 0.6 is 15.9 Å². The van der Waals surface area contributed by atoms with Crippen molar-refractivity contribution in [2.45, 2.75) is 13.8 Å². The predicted molar refractivity (Wildman–Crippen MR) is 68.0 cm³/mol. The average Bonchev–Trinajstić information content (AvgIpc) is 2.78. The number of rotatable bonds is 2. The van der Waals surface area contributed by atoms with Crippen LogP contribution in [0.25, 0.3) is 11.3 Å². The highest BCUT2D eigenvalue weighted by Crippen LogP contribution is 2.40. The van der Waals surface area contributed by atoms with E-state index in [-0.39, 0.29) is 5.69 Å². The minimum absolute atomic E-state index is 0.0509. The van der Waals surface area contributed by atoms with Crippen LogP contribution in [0.1, 0.15) is 11.1 Å². The first-order chi connectivity index (χ1) is 8.02. The normalized spacial score (nSPS) is 10.5. The summed E-state index contributed by atoms with van der Waals surface area (Å²) in [6.07, 6.45) is 1.50. The summed E-state index contributed by atoms with van der Waals surface area (Å²) in [5.41, 5.74) is 2.39. The Balaban J connectivity index is 2.80. The number of benzene rings is 1. The van der Waals surface area contributed by atoms with E-state index in [4.69, 9.17) is 4.42 Å². The molecule has 0 fully saturated rings. The van der Waals surface area contributed by atoms with Gasteiger partial charge in [-0.2, -0.15) is 0 Å². The van der Waals surface area contributed by atoms with E-state index in [2.05, 4.69) is 15.9 Å². The van der Waals surface area contributed by atoms with Gasteiger partial charge in [0.2, 0.25) is 0 Å². The van der Waals surface area contributed by atoms with Gasteiger partial charge in [0.1, 0.15) is 11.3 Å². The van der Waals surface area contributed by atoms with Crippen LogP contribution in [0.4, 0.5) is 5.69 Å². The molecule has 1 heterocycles. The smallest absolute Gasteiger partial charge is 0.281 e. The number of nitro groups is 1. The van der Waals surface area contributed by atoms with Crippen molar-refractivity contribution in [2.75, 3.05) is 0 Å². The molecule has 0 saturated heterocycles. The van der Waals surface area contributed by atoms with E-state index in [1.54, 1.807) is 18.2 Å². The third-order valence-electron chi connectivity index (χ3n) is 2.71. The fraction of sp³-hybridized carbons (Fsp3) is 0.167. The van der Waals surface area contributed by atoms with Gasteiger partial charge >= 0.3 is 0 Å². The highest BCUT2D eigenvalue weighted by atomic mass is 79.9. The summed E-state index contributed by atoms with van der Waals surface area (Å²) in [6, 6.07) is 4.99. The minimum Gasteiger partial charge on any atom is -0.464 e. The monoisotopic (exact) mass is 295 g/mol. The maximum absolute atomic E-state index is 11.1. The second-order valence-corrected chi connectivity index (χ2v) is 4.55. The van der Waals surface area contributed by atoms with E-state index >= 15 is 0 Å². The molecular weight excluding hydrogens is 286 g/mol. The fourth-order valence-corrected chi connectivity index (χ4v) is 2.37. The zero-order valence-electron chi connectivity index (χ0n) is 9.36. The summed E-state index contributed by atoms with van der Waals surface area (Å²) < 4.78 is 5.96. The lowest BCUT2D eigenvalue weighted by Crippen LogP contribution is -1.96. The summed E-state index contributed by atoms with van der Waals surface area (Å²) in [5, 5.41) is 11.1. The van der Waals surface area contributed by atoms with Gasteiger partial charge in [-0.25, -0.2) is 0 Å². The SMILES string of the molecule is Cc1cc([N+](=O)[O-])c(-c2ccco2)c(Br)c1C. The molecule has 0 aliphatic heterocycles. The first-order valence-electron chi connectivity index (χ1n) is 5.00. The number of hydrogen-bond acceptors (Lipinski definition) is 3. The van der Waals surface area contributed by atoms with Gasteiger partial charge in [0.25, 0.3) is 5.69 Å². The highest BCUT2D eigenvalue weighted by molar-refractivity contribution is 9.10. The van der Waals surface area contributed by atoms with E-state index in [0.29, 0.717) is 15.8 Å². The number of halogens is 1. The molecule has 2 rings (SSSR count). The molecular formula is C12H10BrNO3. The van der Waals surface area contributed by atoms with Gasteiger partial charge in [-0.15, -0.1) is 0 Å². The van der Waals surface area contributed by atoms with Crippen molar-refractivity contribution in [3.8, 4) is 11.3 Å². The Bertz CT molecular complexity index is 576. The topological polar surface area (TPSA) is 56.3 Å². The largest absolute Gasteiger partial charge is 0.464 e. The molecule has 0 unspecified atom stereocenters. The van der Waals surface area contributed by atoms with Crippen molar-refractivity contribution in [3.63, 3.8) is 0 Å². The van der Waals surface area contributed by atoms with Crippen LogP contribution in [0.15, 0.2) is 33.4 Å². The summed E-state index contributed by atoms with van der Waals surface area (Å²) >= 11 is 3.41. The van der Waals surface area contributed by atoms with Crippen molar-refractivity contribution in [2.24, 2.45) is 0 Å². The summed E-state index contributed by atoms with van der Waals surface area (Å²) in [7, 11) is 0. The molecule has 0 atom stereocenters. The van der Waals surface area contributed by atoms with Gasteiger partial charge in [0, 0.05) is 10.5 Å². The van der Waals surface area contributed by atoms with Gasteiger partial charge in [-0.05, 0) is 53.0 Å². The van der Waals surface area contributed by atoms with Crippen LogP contribution < -0.4 is 0 Å². The van der Waals surface area contributed by atoms with Gasteiger partial charge in [0.05, 0.1) is 11.2 Å². The number of nitrogens with zero attached hydrogens (tertiary/aromatic N) is 1. The van der Waals surface area contributed by atoms with Crippen molar-refractivity contribution in [1.29, 1.82) is 0 Å². The Morgan fingerprint density at radius 2 is 2.12 bits per heavy atom. The van der Waals surface area contributed by atoms with Crippen molar-refractivity contribution in [1.82, 2.24) is 0 Å². The molecule has 0 bridgehead atoms. The third-order valence-corrected chi connectivity index (χ3v) is 3.71. The Hall–Kier alpha value is -1.62. The van der Waals surface area contributed by atoms with E-state index in [1.165, 1.54) is 6.26 Å². The van der Waals surface area contributed by atoms with E-state index in [9.17, 15) is 10.1 Å². The molecule has 0 aliphatic carbocycles. The molecule has 2 aromatic rings. The number of nitro benzene ring substituents is 1. The third kappa shape index (κ3) is 1.98.